The van der Waals surface area contributed by atoms with Gasteiger partial charge in [0.25, 0.3) is 0 Å². The van der Waals surface area contributed by atoms with E-state index in [4.69, 9.17) is 0 Å². The van der Waals surface area contributed by atoms with Crippen molar-refractivity contribution in [2.75, 3.05) is 32.7 Å². The normalized spacial score (nSPS) is 18.8. The minimum atomic E-state index is 0.627. The fourth-order valence-corrected chi connectivity index (χ4v) is 3.70. The molecule has 0 spiro atoms. The molecule has 1 saturated heterocycles. The van der Waals surface area contributed by atoms with Crippen molar-refractivity contribution in [3.05, 3.63) is 0 Å². The van der Waals surface area contributed by atoms with Gasteiger partial charge in [0.2, 0.25) is 0 Å². The fraction of sp³-hybridized carbons (Fsp3) is 0.909. The summed E-state index contributed by atoms with van der Waals surface area (Å²) in [5.41, 5.74) is 0. The third-order valence-electron chi connectivity index (χ3n) is 5.40. The van der Waals surface area contributed by atoms with Gasteiger partial charge in [-0.2, -0.15) is 0 Å². The van der Waals surface area contributed by atoms with Gasteiger partial charge in [-0.15, -0.1) is 5.92 Å². The molecule has 0 aliphatic carbocycles. The quantitative estimate of drug-likeness (QED) is 0.538. The molecule has 0 radical (unpaired) electrons. The molecule has 0 amide bonds. The van der Waals surface area contributed by atoms with Crippen LogP contribution in [0, 0.1) is 29.6 Å². The topological polar surface area (TPSA) is 15.3 Å². The Morgan fingerprint density at radius 2 is 1.79 bits per heavy atom. The van der Waals surface area contributed by atoms with Gasteiger partial charge in [0, 0.05) is 18.9 Å². The van der Waals surface area contributed by atoms with Crippen LogP contribution in [0.2, 0.25) is 0 Å². The van der Waals surface area contributed by atoms with Gasteiger partial charge >= 0.3 is 0 Å². The highest BCUT2D eigenvalue weighted by atomic mass is 15.1. The first-order chi connectivity index (χ1) is 11.7. The van der Waals surface area contributed by atoms with E-state index >= 15 is 0 Å². The van der Waals surface area contributed by atoms with Crippen molar-refractivity contribution >= 4 is 0 Å². The first-order valence-corrected chi connectivity index (χ1v) is 10.6. The number of rotatable bonds is 11. The van der Waals surface area contributed by atoms with Crippen LogP contribution in [-0.2, 0) is 0 Å². The summed E-state index contributed by atoms with van der Waals surface area (Å²) >= 11 is 0. The Morgan fingerprint density at radius 1 is 1.08 bits per heavy atom. The largest absolute Gasteiger partial charge is 0.316 e. The summed E-state index contributed by atoms with van der Waals surface area (Å²) in [6, 6.07) is 0. The zero-order valence-electron chi connectivity index (χ0n) is 16.9. The monoisotopic (exact) mass is 334 g/mol. The number of piperidine rings is 1. The number of nitrogens with one attached hydrogen (secondary N) is 1. The molecule has 2 unspecified atom stereocenters. The molecule has 2 atom stereocenters. The lowest BCUT2D eigenvalue weighted by Gasteiger charge is -2.31. The van der Waals surface area contributed by atoms with Crippen LogP contribution in [0.1, 0.15) is 79.1 Å². The standard InChI is InChI=1S/C22H42N2/c1-5-10-20(4)18-23-19-22-13-16-24(17-14-22)15-9-8-12-21(7-3)11-6-2/h20-23H,5-7,9-11,13-19H2,1-4H3. The molecule has 0 bridgehead atoms. The molecule has 1 fully saturated rings. The van der Waals surface area contributed by atoms with E-state index in [1.807, 2.05) is 0 Å². The van der Waals surface area contributed by atoms with Gasteiger partial charge in [-0.25, -0.2) is 0 Å². The molecule has 1 aliphatic heterocycles. The van der Waals surface area contributed by atoms with Crippen molar-refractivity contribution in [3.8, 4) is 11.8 Å². The highest BCUT2D eigenvalue weighted by molar-refractivity contribution is 5.03. The lowest BCUT2D eigenvalue weighted by atomic mass is 9.96. The van der Waals surface area contributed by atoms with Gasteiger partial charge in [-0.05, 0) is 70.1 Å². The third kappa shape index (κ3) is 9.70. The van der Waals surface area contributed by atoms with Gasteiger partial charge in [-0.1, -0.05) is 46.5 Å². The molecule has 2 nitrogen and oxygen atoms in total. The van der Waals surface area contributed by atoms with Gasteiger partial charge in [0.1, 0.15) is 0 Å². The second-order valence-electron chi connectivity index (χ2n) is 7.80. The van der Waals surface area contributed by atoms with Crippen LogP contribution in [0.4, 0.5) is 0 Å². The molecule has 1 heterocycles. The van der Waals surface area contributed by atoms with Crippen LogP contribution < -0.4 is 5.32 Å². The summed E-state index contributed by atoms with van der Waals surface area (Å²) in [7, 11) is 0. The number of likely N-dealkylation sites (tertiary alicyclic amines) is 1. The van der Waals surface area contributed by atoms with Crippen molar-refractivity contribution < 1.29 is 0 Å². The van der Waals surface area contributed by atoms with Crippen LogP contribution in [0.25, 0.3) is 0 Å². The molecule has 0 aromatic rings. The Hall–Kier alpha value is -0.520. The zero-order valence-corrected chi connectivity index (χ0v) is 16.9. The average molecular weight is 335 g/mol. The van der Waals surface area contributed by atoms with Crippen LogP contribution in [0.15, 0.2) is 0 Å². The molecule has 24 heavy (non-hydrogen) atoms. The Labute approximate surface area is 152 Å². The van der Waals surface area contributed by atoms with Gasteiger partial charge in [-0.3, -0.25) is 0 Å². The predicted molar refractivity (Wildman–Crippen MR) is 107 cm³/mol. The van der Waals surface area contributed by atoms with Gasteiger partial charge in [0.15, 0.2) is 0 Å². The van der Waals surface area contributed by atoms with Crippen LogP contribution in [0.3, 0.4) is 0 Å². The second kappa shape index (κ2) is 13.7. The summed E-state index contributed by atoms with van der Waals surface area (Å²) in [4.78, 5) is 2.62. The average Bonchev–Trinajstić information content (AvgIpc) is 2.59. The maximum Gasteiger partial charge on any atom is 0.0217 e. The Bertz CT molecular complexity index is 347. The van der Waals surface area contributed by atoms with Crippen molar-refractivity contribution in [2.45, 2.75) is 79.1 Å². The number of nitrogens with zero attached hydrogens (tertiary/aromatic N) is 1. The predicted octanol–water partition coefficient (Wildman–Crippen LogP) is 4.94. The molecule has 1 rings (SSSR count). The van der Waals surface area contributed by atoms with E-state index in [2.05, 4.69) is 49.8 Å². The molecule has 1 N–H and O–H groups in total. The minimum Gasteiger partial charge on any atom is -0.316 e. The van der Waals surface area contributed by atoms with Crippen molar-refractivity contribution in [3.63, 3.8) is 0 Å². The van der Waals surface area contributed by atoms with Gasteiger partial charge in [0.05, 0.1) is 0 Å². The molecule has 2 heteroatoms. The first kappa shape index (κ1) is 21.5. The molecule has 0 saturated carbocycles. The maximum atomic E-state index is 3.70. The van der Waals surface area contributed by atoms with Crippen molar-refractivity contribution in [1.82, 2.24) is 10.2 Å². The fourth-order valence-electron chi connectivity index (χ4n) is 3.70. The van der Waals surface area contributed by atoms with Crippen molar-refractivity contribution in [1.29, 1.82) is 0 Å². The number of hydrogen-bond donors (Lipinski definition) is 1. The molecular weight excluding hydrogens is 292 g/mol. The minimum absolute atomic E-state index is 0.627. The molecular formula is C22H42N2. The summed E-state index contributed by atoms with van der Waals surface area (Å²) in [6.07, 6.45) is 10.1. The zero-order chi connectivity index (χ0) is 17.6. The molecule has 0 aromatic carbocycles. The van der Waals surface area contributed by atoms with E-state index in [0.29, 0.717) is 5.92 Å². The third-order valence-corrected chi connectivity index (χ3v) is 5.40. The van der Waals surface area contributed by atoms with E-state index in [0.717, 1.165) is 18.3 Å². The van der Waals surface area contributed by atoms with E-state index in [1.165, 1.54) is 77.7 Å². The van der Waals surface area contributed by atoms with Crippen LogP contribution >= 0.6 is 0 Å². The Morgan fingerprint density at radius 3 is 2.42 bits per heavy atom. The van der Waals surface area contributed by atoms with E-state index < -0.39 is 0 Å². The van der Waals surface area contributed by atoms with Crippen LogP contribution in [-0.4, -0.2) is 37.6 Å². The van der Waals surface area contributed by atoms with E-state index in [-0.39, 0.29) is 0 Å². The van der Waals surface area contributed by atoms with E-state index in [9.17, 15) is 0 Å². The van der Waals surface area contributed by atoms with E-state index in [1.54, 1.807) is 0 Å². The summed E-state index contributed by atoms with van der Waals surface area (Å²) in [5.74, 6) is 9.25. The van der Waals surface area contributed by atoms with Crippen molar-refractivity contribution in [2.24, 2.45) is 17.8 Å². The summed E-state index contributed by atoms with van der Waals surface area (Å²) in [6.45, 7) is 15.3. The molecule has 140 valence electrons. The maximum absolute atomic E-state index is 3.70. The highest BCUT2D eigenvalue weighted by Crippen LogP contribution is 2.17. The Kier molecular flexibility index (Phi) is 12.3. The lowest BCUT2D eigenvalue weighted by Crippen LogP contribution is -2.38. The molecule has 1 aliphatic rings. The first-order valence-electron chi connectivity index (χ1n) is 10.6. The highest BCUT2D eigenvalue weighted by Gasteiger charge is 2.18. The van der Waals surface area contributed by atoms with Crippen LogP contribution in [0.5, 0.6) is 0 Å². The lowest BCUT2D eigenvalue weighted by molar-refractivity contribution is 0.185. The van der Waals surface area contributed by atoms with Gasteiger partial charge < -0.3 is 10.2 Å². The second-order valence-corrected chi connectivity index (χ2v) is 7.80. The Balaban J connectivity index is 2.10. The molecule has 0 aromatic heterocycles. The summed E-state index contributed by atoms with van der Waals surface area (Å²) < 4.78 is 0. The SMILES string of the molecule is CCCC(C)CNCC1CCN(CCC#CC(CC)CCC)CC1. The smallest absolute Gasteiger partial charge is 0.0217 e. The number of hydrogen-bond acceptors (Lipinski definition) is 2. The summed E-state index contributed by atoms with van der Waals surface area (Å²) in [5, 5.41) is 3.70.